The van der Waals surface area contributed by atoms with E-state index < -0.39 is 0 Å². The number of rotatable bonds is 2. The first-order valence-corrected chi connectivity index (χ1v) is 4.38. The quantitative estimate of drug-likeness (QED) is 0.686. The van der Waals surface area contributed by atoms with Gasteiger partial charge in [0.05, 0.1) is 18.4 Å². The zero-order valence-electron chi connectivity index (χ0n) is 7.83. The van der Waals surface area contributed by atoms with Crippen molar-refractivity contribution >= 4 is 0 Å². The van der Waals surface area contributed by atoms with Crippen molar-refractivity contribution in [3.63, 3.8) is 0 Å². The molecule has 0 unspecified atom stereocenters. The van der Waals surface area contributed by atoms with Crippen LogP contribution < -0.4 is 0 Å². The van der Waals surface area contributed by atoms with Gasteiger partial charge >= 0.3 is 0 Å². The average molecular weight is 206 g/mol. The largest absolute Gasteiger partial charge is 0.506 e. The summed E-state index contributed by atoms with van der Waals surface area (Å²) < 4.78 is 1.30. The van der Waals surface area contributed by atoms with Gasteiger partial charge in [-0.15, -0.1) is 0 Å². The zero-order chi connectivity index (χ0) is 10.8. The Labute approximate surface area is 85.9 Å². The second-order valence-electron chi connectivity index (χ2n) is 3.14. The van der Waals surface area contributed by atoms with Crippen molar-refractivity contribution in [2.45, 2.75) is 6.54 Å². The number of pyridine rings is 1. The molecule has 0 fully saturated rings. The summed E-state index contributed by atoms with van der Waals surface area (Å²) in [5.41, 5.74) is 0.634. The van der Waals surface area contributed by atoms with E-state index in [0.717, 1.165) is 0 Å². The Morgan fingerprint density at radius 3 is 2.20 bits per heavy atom. The fraction of sp³-hybridized carbons (Fsp3) is 0.100. The predicted octanol–water partition coefficient (Wildman–Crippen LogP) is 1.05. The Morgan fingerprint density at radius 2 is 1.67 bits per heavy atom. The van der Waals surface area contributed by atoms with Gasteiger partial charge in [-0.2, -0.15) is 0 Å². The summed E-state index contributed by atoms with van der Waals surface area (Å²) >= 11 is 0. The molecule has 0 spiro atoms. The molecule has 2 rings (SSSR count). The highest BCUT2D eigenvalue weighted by Crippen LogP contribution is 2.22. The molecule has 0 saturated heterocycles. The molecule has 0 saturated carbocycles. The van der Waals surface area contributed by atoms with Crippen LogP contribution in [0.1, 0.15) is 5.69 Å². The van der Waals surface area contributed by atoms with Gasteiger partial charge in [-0.3, -0.25) is 9.55 Å². The number of hydrogen-bond donors (Lipinski definition) is 3. The predicted molar refractivity (Wildman–Crippen MR) is 52.8 cm³/mol. The van der Waals surface area contributed by atoms with Crippen molar-refractivity contribution in [1.29, 1.82) is 0 Å². The number of nitrogens with zero attached hydrogens (tertiary/aromatic N) is 2. The molecular weight excluding hydrogens is 196 g/mol. The molecule has 0 aromatic carbocycles. The molecule has 15 heavy (non-hydrogen) atoms. The molecule has 2 aromatic rings. The lowest BCUT2D eigenvalue weighted by Gasteiger charge is -2.05. The summed E-state index contributed by atoms with van der Waals surface area (Å²) in [6, 6.07) is 5.92. The fourth-order valence-corrected chi connectivity index (χ4v) is 1.28. The van der Waals surface area contributed by atoms with Gasteiger partial charge in [0, 0.05) is 12.1 Å². The van der Waals surface area contributed by atoms with E-state index in [0.29, 0.717) is 5.69 Å². The number of aromatic hydroxyl groups is 3. The summed E-state index contributed by atoms with van der Waals surface area (Å²) in [5.74, 6) is 0.0319. The van der Waals surface area contributed by atoms with Gasteiger partial charge in [-0.1, -0.05) is 0 Å². The highest BCUT2D eigenvalue weighted by Gasteiger charge is 2.06. The second-order valence-corrected chi connectivity index (χ2v) is 3.14. The molecule has 5 heteroatoms. The van der Waals surface area contributed by atoms with E-state index in [2.05, 4.69) is 4.98 Å². The summed E-state index contributed by atoms with van der Waals surface area (Å²) in [6.07, 6.45) is 1.31. The molecule has 78 valence electrons. The van der Waals surface area contributed by atoms with Crippen molar-refractivity contribution < 1.29 is 15.3 Å². The SMILES string of the molecule is Oc1ccc(Cn2c(O)ccc2O)nc1. The number of hydrogen-bond acceptors (Lipinski definition) is 4. The van der Waals surface area contributed by atoms with E-state index in [1.165, 1.54) is 29.0 Å². The van der Waals surface area contributed by atoms with Crippen molar-refractivity contribution in [3.8, 4) is 17.5 Å². The maximum atomic E-state index is 9.37. The molecular formula is C10H10N2O3. The molecule has 0 aliphatic carbocycles. The average Bonchev–Trinajstić information content (AvgIpc) is 2.53. The highest BCUT2D eigenvalue weighted by atomic mass is 16.3. The summed E-state index contributed by atoms with van der Waals surface area (Å²) in [7, 11) is 0. The van der Waals surface area contributed by atoms with Crippen molar-refractivity contribution in [1.82, 2.24) is 9.55 Å². The van der Waals surface area contributed by atoms with E-state index in [1.807, 2.05) is 0 Å². The minimum Gasteiger partial charge on any atom is -0.506 e. The molecule has 0 bridgehead atoms. The van der Waals surface area contributed by atoms with Crippen LogP contribution in [0.25, 0.3) is 0 Å². The van der Waals surface area contributed by atoms with Crippen LogP contribution in [-0.4, -0.2) is 24.9 Å². The van der Waals surface area contributed by atoms with Crippen LogP contribution in [0.15, 0.2) is 30.5 Å². The third-order valence-corrected chi connectivity index (χ3v) is 2.06. The van der Waals surface area contributed by atoms with Crippen LogP contribution in [0.4, 0.5) is 0 Å². The van der Waals surface area contributed by atoms with Crippen LogP contribution in [0.3, 0.4) is 0 Å². The molecule has 0 aliphatic rings. The molecule has 0 radical (unpaired) electrons. The van der Waals surface area contributed by atoms with Gasteiger partial charge in [0.2, 0.25) is 0 Å². The van der Waals surface area contributed by atoms with E-state index in [9.17, 15) is 10.2 Å². The van der Waals surface area contributed by atoms with Gasteiger partial charge in [0.15, 0.2) is 11.8 Å². The first-order valence-electron chi connectivity index (χ1n) is 4.38. The molecule has 0 atom stereocenters. The van der Waals surface area contributed by atoms with Crippen LogP contribution in [0, 0.1) is 0 Å². The Balaban J connectivity index is 2.25. The van der Waals surface area contributed by atoms with E-state index in [1.54, 1.807) is 6.07 Å². The maximum absolute atomic E-state index is 9.37. The summed E-state index contributed by atoms with van der Waals surface area (Å²) in [6.45, 7) is 0.255. The van der Waals surface area contributed by atoms with Gasteiger partial charge < -0.3 is 15.3 Å². The van der Waals surface area contributed by atoms with Crippen LogP contribution in [-0.2, 0) is 6.54 Å². The third kappa shape index (κ3) is 1.85. The lowest BCUT2D eigenvalue weighted by molar-refractivity contribution is 0.376. The van der Waals surface area contributed by atoms with Gasteiger partial charge in [0.1, 0.15) is 5.75 Å². The zero-order valence-corrected chi connectivity index (χ0v) is 7.83. The molecule has 2 aromatic heterocycles. The van der Waals surface area contributed by atoms with E-state index in [4.69, 9.17) is 5.11 Å². The maximum Gasteiger partial charge on any atom is 0.194 e. The topological polar surface area (TPSA) is 78.5 Å². The standard InChI is InChI=1S/C10H10N2O3/c13-8-2-1-7(11-5-8)6-12-9(14)3-4-10(12)15/h1-5,13-15H,6H2. The second kappa shape index (κ2) is 3.53. The first kappa shape index (κ1) is 9.39. The molecule has 0 aliphatic heterocycles. The molecule has 5 nitrogen and oxygen atoms in total. The van der Waals surface area contributed by atoms with Crippen LogP contribution >= 0.6 is 0 Å². The first-order chi connectivity index (χ1) is 7.16. The lowest BCUT2D eigenvalue weighted by atomic mass is 10.3. The van der Waals surface area contributed by atoms with Crippen molar-refractivity contribution in [2.24, 2.45) is 0 Å². The third-order valence-electron chi connectivity index (χ3n) is 2.06. The summed E-state index contributed by atoms with van der Waals surface area (Å²) in [4.78, 5) is 3.94. The number of aromatic nitrogens is 2. The Hall–Kier alpha value is -2.17. The smallest absolute Gasteiger partial charge is 0.194 e. The molecule has 2 heterocycles. The summed E-state index contributed by atoms with van der Waals surface area (Å²) in [5, 5.41) is 27.8. The van der Waals surface area contributed by atoms with Crippen LogP contribution in [0.2, 0.25) is 0 Å². The van der Waals surface area contributed by atoms with E-state index >= 15 is 0 Å². The molecule has 3 N–H and O–H groups in total. The Kier molecular flexibility index (Phi) is 2.21. The minimum atomic E-state index is -0.0256. The lowest BCUT2D eigenvalue weighted by Crippen LogP contribution is -2.00. The van der Waals surface area contributed by atoms with Gasteiger partial charge in [-0.25, -0.2) is 0 Å². The van der Waals surface area contributed by atoms with Crippen LogP contribution in [0.5, 0.6) is 17.5 Å². The van der Waals surface area contributed by atoms with Crippen molar-refractivity contribution in [2.75, 3.05) is 0 Å². The van der Waals surface area contributed by atoms with Gasteiger partial charge in [0.25, 0.3) is 0 Å². The fourth-order valence-electron chi connectivity index (χ4n) is 1.28. The highest BCUT2D eigenvalue weighted by molar-refractivity contribution is 5.26. The van der Waals surface area contributed by atoms with Gasteiger partial charge in [-0.05, 0) is 12.1 Å². The monoisotopic (exact) mass is 206 g/mol. The Bertz CT molecular complexity index is 443. The Morgan fingerprint density at radius 1 is 1.00 bits per heavy atom. The van der Waals surface area contributed by atoms with E-state index in [-0.39, 0.29) is 24.1 Å². The minimum absolute atomic E-state index is 0.0256. The normalized spacial score (nSPS) is 10.4. The van der Waals surface area contributed by atoms with Crippen molar-refractivity contribution in [3.05, 3.63) is 36.2 Å². The molecule has 0 amide bonds.